The zero-order valence-electron chi connectivity index (χ0n) is 12.6. The van der Waals surface area contributed by atoms with Crippen molar-refractivity contribution in [1.82, 2.24) is 0 Å². The molecule has 0 aromatic heterocycles. The van der Waals surface area contributed by atoms with Crippen molar-refractivity contribution in [3.05, 3.63) is 101 Å². The number of rotatable bonds is 4. The molecule has 0 atom stereocenters. The molecule has 3 nitrogen and oxygen atoms in total. The van der Waals surface area contributed by atoms with Crippen molar-refractivity contribution in [2.45, 2.75) is 4.90 Å². The van der Waals surface area contributed by atoms with Crippen LogP contribution in [0.3, 0.4) is 0 Å². The predicted molar refractivity (Wildman–Crippen MR) is 99.9 cm³/mol. The molecular weight excluding hydrogens is 386 g/mol. The second-order valence-electron chi connectivity index (χ2n) is 5.10. The van der Waals surface area contributed by atoms with E-state index in [1.807, 2.05) is 60.7 Å². The van der Waals surface area contributed by atoms with Crippen LogP contribution in [0.2, 0.25) is 0 Å². The Morgan fingerprint density at radius 2 is 1.17 bits per heavy atom. The van der Waals surface area contributed by atoms with Crippen LogP contribution in [-0.4, -0.2) is 14.1 Å². The van der Waals surface area contributed by atoms with E-state index in [1.165, 1.54) is 12.1 Å². The minimum absolute atomic E-state index is 0.162. The Morgan fingerprint density at radius 3 is 1.62 bits per heavy atom. The lowest BCUT2D eigenvalue weighted by Gasteiger charge is -2.08. The summed E-state index contributed by atoms with van der Waals surface area (Å²) in [5, 5.41) is 0. The van der Waals surface area contributed by atoms with Crippen molar-refractivity contribution in [1.29, 1.82) is 0 Å². The summed E-state index contributed by atoms with van der Waals surface area (Å²) in [5.74, 6) is 0. The van der Waals surface area contributed by atoms with Crippen molar-refractivity contribution in [2.75, 3.05) is 0 Å². The second kappa shape index (κ2) is 7.11. The Labute approximate surface area is 149 Å². The van der Waals surface area contributed by atoms with Crippen LogP contribution in [0.1, 0.15) is 11.1 Å². The van der Waals surface area contributed by atoms with Gasteiger partial charge in [0.1, 0.15) is 0 Å². The molecule has 0 spiro atoms. The number of hydrogen-bond acceptors (Lipinski definition) is 2. The zero-order valence-corrected chi connectivity index (χ0v) is 15.0. The SMILES string of the molecule is O=S(=O)(N=C(c1ccccc1)c1ccccc1)c1ccc(Br)cc1. The maximum absolute atomic E-state index is 12.7. The standard InChI is InChI=1S/C19H14BrNO2S/c20-17-11-13-18(14-12-17)24(22,23)21-19(15-7-3-1-4-8-15)16-9-5-2-6-10-16/h1-14H. The Morgan fingerprint density at radius 1 is 0.708 bits per heavy atom. The summed E-state index contributed by atoms with van der Waals surface area (Å²) in [4.78, 5) is 0.162. The van der Waals surface area contributed by atoms with Crippen LogP contribution in [0, 0.1) is 0 Å². The van der Waals surface area contributed by atoms with Gasteiger partial charge in [-0.3, -0.25) is 0 Å². The average molecular weight is 400 g/mol. The molecule has 24 heavy (non-hydrogen) atoms. The number of sulfonamides is 1. The van der Waals surface area contributed by atoms with E-state index in [4.69, 9.17) is 0 Å². The quantitative estimate of drug-likeness (QED) is 0.598. The molecule has 0 heterocycles. The van der Waals surface area contributed by atoms with Crippen molar-refractivity contribution < 1.29 is 8.42 Å². The fourth-order valence-corrected chi connectivity index (χ4v) is 3.54. The van der Waals surface area contributed by atoms with E-state index in [0.29, 0.717) is 5.71 Å². The van der Waals surface area contributed by atoms with Crippen LogP contribution in [0.15, 0.2) is 98.7 Å². The molecule has 0 N–H and O–H groups in total. The van der Waals surface area contributed by atoms with Crippen molar-refractivity contribution in [2.24, 2.45) is 4.40 Å². The Bertz CT molecular complexity index is 910. The molecule has 0 amide bonds. The number of benzene rings is 3. The predicted octanol–water partition coefficient (Wildman–Crippen LogP) is 4.68. The molecular formula is C19H14BrNO2S. The molecule has 0 aliphatic rings. The first-order chi connectivity index (χ1) is 11.6. The fraction of sp³-hybridized carbons (Fsp3) is 0. The van der Waals surface area contributed by atoms with Gasteiger partial charge in [-0.2, -0.15) is 12.8 Å². The number of halogens is 1. The molecule has 0 aliphatic carbocycles. The number of hydrogen-bond donors (Lipinski definition) is 0. The van der Waals surface area contributed by atoms with Crippen LogP contribution >= 0.6 is 15.9 Å². The van der Waals surface area contributed by atoms with Crippen molar-refractivity contribution in [3.63, 3.8) is 0 Å². The van der Waals surface area contributed by atoms with Gasteiger partial charge in [0.2, 0.25) is 0 Å². The summed E-state index contributed by atoms with van der Waals surface area (Å²) in [5.41, 5.74) is 1.94. The number of nitrogens with zero attached hydrogens (tertiary/aromatic N) is 1. The summed E-state index contributed by atoms with van der Waals surface area (Å²) >= 11 is 3.31. The molecule has 0 saturated carbocycles. The highest BCUT2D eigenvalue weighted by molar-refractivity contribution is 9.10. The summed E-state index contributed by atoms with van der Waals surface area (Å²) < 4.78 is 30.3. The van der Waals surface area contributed by atoms with Gasteiger partial charge in [-0.15, -0.1) is 0 Å². The fourth-order valence-electron chi connectivity index (χ4n) is 2.24. The van der Waals surface area contributed by atoms with Gasteiger partial charge in [0, 0.05) is 15.6 Å². The molecule has 3 rings (SSSR count). The van der Waals surface area contributed by atoms with Gasteiger partial charge >= 0.3 is 0 Å². The molecule has 0 fully saturated rings. The van der Waals surface area contributed by atoms with Gasteiger partial charge in [0.15, 0.2) is 0 Å². The first-order valence-electron chi connectivity index (χ1n) is 7.28. The topological polar surface area (TPSA) is 46.5 Å². The molecule has 0 radical (unpaired) electrons. The van der Waals surface area contributed by atoms with Crippen molar-refractivity contribution in [3.8, 4) is 0 Å². The third-order valence-electron chi connectivity index (χ3n) is 3.42. The van der Waals surface area contributed by atoms with Crippen molar-refractivity contribution >= 4 is 31.7 Å². The molecule has 0 unspecified atom stereocenters. The second-order valence-corrected chi connectivity index (χ2v) is 7.62. The van der Waals surface area contributed by atoms with Gasteiger partial charge in [0.25, 0.3) is 10.0 Å². The minimum atomic E-state index is -3.81. The highest BCUT2D eigenvalue weighted by atomic mass is 79.9. The summed E-state index contributed by atoms with van der Waals surface area (Å²) in [6, 6.07) is 25.1. The molecule has 0 aliphatic heterocycles. The molecule has 5 heteroatoms. The third kappa shape index (κ3) is 3.80. The summed E-state index contributed by atoms with van der Waals surface area (Å²) in [7, 11) is -3.81. The molecule has 3 aromatic carbocycles. The van der Waals surface area contributed by atoms with Crippen LogP contribution < -0.4 is 0 Å². The summed E-state index contributed by atoms with van der Waals surface area (Å²) in [6.45, 7) is 0. The van der Waals surface area contributed by atoms with E-state index in [9.17, 15) is 8.42 Å². The highest BCUT2D eigenvalue weighted by Gasteiger charge is 2.16. The lowest BCUT2D eigenvalue weighted by molar-refractivity contribution is 0.598. The molecule has 0 bridgehead atoms. The highest BCUT2D eigenvalue weighted by Crippen LogP contribution is 2.19. The Kier molecular flexibility index (Phi) is 4.92. The monoisotopic (exact) mass is 399 g/mol. The van der Waals surface area contributed by atoms with E-state index in [2.05, 4.69) is 20.3 Å². The molecule has 3 aromatic rings. The van der Waals surface area contributed by atoms with E-state index in [-0.39, 0.29) is 4.90 Å². The van der Waals surface area contributed by atoms with E-state index in [0.717, 1.165) is 15.6 Å². The van der Waals surface area contributed by atoms with Crippen LogP contribution in [0.4, 0.5) is 0 Å². The van der Waals surface area contributed by atoms with E-state index >= 15 is 0 Å². The first kappa shape index (κ1) is 16.6. The Balaban J connectivity index is 2.15. The zero-order chi connectivity index (χ0) is 17.0. The average Bonchev–Trinajstić information content (AvgIpc) is 2.62. The maximum atomic E-state index is 12.7. The van der Waals surface area contributed by atoms with E-state index < -0.39 is 10.0 Å². The van der Waals surface area contributed by atoms with Gasteiger partial charge in [-0.1, -0.05) is 76.6 Å². The Hall–Kier alpha value is -2.24. The maximum Gasteiger partial charge on any atom is 0.282 e. The van der Waals surface area contributed by atoms with Crippen LogP contribution in [-0.2, 0) is 10.0 Å². The smallest absolute Gasteiger partial charge is 0.199 e. The minimum Gasteiger partial charge on any atom is -0.199 e. The lowest BCUT2D eigenvalue weighted by Crippen LogP contribution is -2.08. The molecule has 0 saturated heterocycles. The largest absolute Gasteiger partial charge is 0.282 e. The van der Waals surface area contributed by atoms with Gasteiger partial charge < -0.3 is 0 Å². The third-order valence-corrected chi connectivity index (χ3v) is 5.24. The first-order valence-corrected chi connectivity index (χ1v) is 9.51. The normalized spacial score (nSPS) is 11.0. The van der Waals surface area contributed by atoms with Gasteiger partial charge in [0.05, 0.1) is 10.6 Å². The van der Waals surface area contributed by atoms with Crippen LogP contribution in [0.5, 0.6) is 0 Å². The van der Waals surface area contributed by atoms with Crippen LogP contribution in [0.25, 0.3) is 0 Å². The molecule has 120 valence electrons. The van der Waals surface area contributed by atoms with Gasteiger partial charge in [-0.05, 0) is 24.3 Å². The summed E-state index contributed by atoms with van der Waals surface area (Å²) in [6.07, 6.45) is 0. The lowest BCUT2D eigenvalue weighted by atomic mass is 10.0. The van der Waals surface area contributed by atoms with E-state index in [1.54, 1.807) is 12.1 Å². The van der Waals surface area contributed by atoms with Gasteiger partial charge in [-0.25, -0.2) is 0 Å².